The third kappa shape index (κ3) is 3.59. The average Bonchev–Trinajstić information content (AvgIpc) is 3.22. The zero-order valence-corrected chi connectivity index (χ0v) is 13.5. The van der Waals surface area contributed by atoms with E-state index in [1.54, 1.807) is 0 Å². The monoisotopic (exact) mass is 293 g/mol. The first-order valence-electron chi connectivity index (χ1n) is 8.90. The molecule has 0 aromatic rings. The number of amides is 1. The second-order valence-corrected chi connectivity index (χ2v) is 7.43. The Kier molecular flexibility index (Phi) is 4.85. The Balaban J connectivity index is 1.35. The summed E-state index contributed by atoms with van der Waals surface area (Å²) < 4.78 is 0. The summed E-state index contributed by atoms with van der Waals surface area (Å²) in [5.74, 6) is 0.619. The molecule has 0 bridgehead atoms. The van der Waals surface area contributed by atoms with E-state index in [2.05, 4.69) is 22.6 Å². The molecular formula is C17H31N3O. The molecule has 0 aromatic carbocycles. The van der Waals surface area contributed by atoms with E-state index < -0.39 is 0 Å². The van der Waals surface area contributed by atoms with Crippen LogP contribution in [0.3, 0.4) is 0 Å². The van der Waals surface area contributed by atoms with Gasteiger partial charge in [-0.25, -0.2) is 0 Å². The molecule has 1 atom stereocenters. The normalized spacial score (nSPS) is 28.8. The summed E-state index contributed by atoms with van der Waals surface area (Å²) in [7, 11) is 2.22. The maximum absolute atomic E-state index is 12.3. The Labute approximate surface area is 129 Å². The van der Waals surface area contributed by atoms with Crippen molar-refractivity contribution in [2.75, 3.05) is 33.2 Å². The molecular weight excluding hydrogens is 262 g/mol. The molecule has 2 saturated carbocycles. The van der Waals surface area contributed by atoms with Crippen molar-refractivity contribution in [1.82, 2.24) is 15.5 Å². The summed E-state index contributed by atoms with van der Waals surface area (Å²) in [6.07, 6.45) is 10.3. The van der Waals surface area contributed by atoms with Gasteiger partial charge in [-0.3, -0.25) is 4.79 Å². The minimum Gasteiger partial charge on any atom is -0.355 e. The van der Waals surface area contributed by atoms with Crippen molar-refractivity contribution in [2.45, 2.75) is 57.4 Å². The predicted molar refractivity (Wildman–Crippen MR) is 85.2 cm³/mol. The fourth-order valence-corrected chi connectivity index (χ4v) is 4.38. The Hall–Kier alpha value is -0.610. The van der Waals surface area contributed by atoms with Crippen LogP contribution < -0.4 is 10.6 Å². The lowest BCUT2D eigenvalue weighted by Gasteiger charge is -2.31. The number of rotatable bonds is 5. The average molecular weight is 293 g/mol. The van der Waals surface area contributed by atoms with E-state index in [4.69, 9.17) is 0 Å². The lowest BCUT2D eigenvalue weighted by Crippen LogP contribution is -2.40. The van der Waals surface area contributed by atoms with Gasteiger partial charge < -0.3 is 15.5 Å². The molecule has 1 saturated heterocycles. The van der Waals surface area contributed by atoms with Gasteiger partial charge in [0.15, 0.2) is 0 Å². The zero-order valence-electron chi connectivity index (χ0n) is 13.5. The van der Waals surface area contributed by atoms with E-state index in [0.29, 0.717) is 17.2 Å². The molecule has 3 aliphatic rings. The SMILES string of the molecule is CN(CCNC(=O)C1CC12CCNCC2)C1CCCCC1. The van der Waals surface area contributed by atoms with Crippen LogP contribution in [0.2, 0.25) is 0 Å². The Bertz CT molecular complexity index is 359. The fourth-order valence-electron chi connectivity index (χ4n) is 4.38. The first-order valence-corrected chi connectivity index (χ1v) is 8.90. The molecule has 3 fully saturated rings. The fraction of sp³-hybridized carbons (Fsp3) is 0.941. The molecule has 2 N–H and O–H groups in total. The predicted octanol–water partition coefficient (Wildman–Crippen LogP) is 1.76. The Morgan fingerprint density at radius 3 is 2.67 bits per heavy atom. The van der Waals surface area contributed by atoms with Gasteiger partial charge in [-0.05, 0) is 57.7 Å². The number of piperidine rings is 1. The molecule has 1 amide bonds. The van der Waals surface area contributed by atoms with Gasteiger partial charge in [0.25, 0.3) is 0 Å². The lowest BCUT2D eigenvalue weighted by atomic mass is 9.92. The van der Waals surface area contributed by atoms with E-state index in [0.717, 1.165) is 38.6 Å². The number of nitrogens with zero attached hydrogens (tertiary/aromatic N) is 1. The van der Waals surface area contributed by atoms with Crippen molar-refractivity contribution in [3.8, 4) is 0 Å². The van der Waals surface area contributed by atoms with Crippen LogP contribution in [0.1, 0.15) is 51.4 Å². The van der Waals surface area contributed by atoms with Gasteiger partial charge in [0.1, 0.15) is 0 Å². The molecule has 0 aromatic heterocycles. The summed E-state index contributed by atoms with van der Waals surface area (Å²) >= 11 is 0. The van der Waals surface area contributed by atoms with Crippen LogP contribution in [0, 0.1) is 11.3 Å². The molecule has 2 aliphatic carbocycles. The molecule has 4 nitrogen and oxygen atoms in total. The first-order chi connectivity index (χ1) is 10.2. The van der Waals surface area contributed by atoms with Crippen LogP contribution in [-0.2, 0) is 4.79 Å². The van der Waals surface area contributed by atoms with E-state index in [1.807, 2.05) is 0 Å². The van der Waals surface area contributed by atoms with Gasteiger partial charge in [0.2, 0.25) is 5.91 Å². The Morgan fingerprint density at radius 1 is 1.24 bits per heavy atom. The van der Waals surface area contributed by atoms with Crippen molar-refractivity contribution in [3.05, 3.63) is 0 Å². The molecule has 120 valence electrons. The van der Waals surface area contributed by atoms with Crippen molar-refractivity contribution in [3.63, 3.8) is 0 Å². The smallest absolute Gasteiger partial charge is 0.223 e. The lowest BCUT2D eigenvalue weighted by molar-refractivity contribution is -0.123. The van der Waals surface area contributed by atoms with E-state index >= 15 is 0 Å². The zero-order chi connectivity index (χ0) is 14.7. The maximum atomic E-state index is 12.3. The standard InChI is InChI=1S/C17H31N3O/c1-20(14-5-3-2-4-6-14)12-11-19-16(21)15-13-17(15)7-9-18-10-8-17/h14-15,18H,2-13H2,1H3,(H,19,21). The number of carbonyl (C=O) groups is 1. The molecule has 3 rings (SSSR count). The minimum absolute atomic E-state index is 0.305. The van der Waals surface area contributed by atoms with E-state index in [9.17, 15) is 4.79 Å². The molecule has 21 heavy (non-hydrogen) atoms. The molecule has 1 spiro atoms. The van der Waals surface area contributed by atoms with Crippen LogP contribution in [0.15, 0.2) is 0 Å². The minimum atomic E-state index is 0.305. The third-order valence-corrected chi connectivity index (χ3v) is 6.07. The second-order valence-electron chi connectivity index (χ2n) is 7.43. The van der Waals surface area contributed by atoms with Crippen LogP contribution >= 0.6 is 0 Å². The highest BCUT2D eigenvalue weighted by molar-refractivity contribution is 5.82. The van der Waals surface area contributed by atoms with Crippen molar-refractivity contribution < 1.29 is 4.79 Å². The number of carbonyl (C=O) groups excluding carboxylic acids is 1. The van der Waals surface area contributed by atoms with Crippen LogP contribution in [-0.4, -0.2) is 50.1 Å². The summed E-state index contributed by atoms with van der Waals surface area (Å²) in [4.78, 5) is 14.7. The maximum Gasteiger partial charge on any atom is 0.223 e. The highest BCUT2D eigenvalue weighted by Crippen LogP contribution is 2.58. The van der Waals surface area contributed by atoms with Crippen LogP contribution in [0.5, 0.6) is 0 Å². The number of nitrogens with one attached hydrogen (secondary N) is 2. The van der Waals surface area contributed by atoms with Crippen molar-refractivity contribution in [1.29, 1.82) is 0 Å². The number of hydrogen-bond donors (Lipinski definition) is 2. The van der Waals surface area contributed by atoms with Gasteiger partial charge >= 0.3 is 0 Å². The summed E-state index contributed by atoms with van der Waals surface area (Å²) in [5.41, 5.74) is 0.366. The molecule has 1 unspecified atom stereocenters. The van der Waals surface area contributed by atoms with Gasteiger partial charge in [-0.1, -0.05) is 19.3 Å². The van der Waals surface area contributed by atoms with Crippen LogP contribution in [0.25, 0.3) is 0 Å². The van der Waals surface area contributed by atoms with E-state index in [1.165, 1.54) is 44.9 Å². The van der Waals surface area contributed by atoms with Gasteiger partial charge in [-0.2, -0.15) is 0 Å². The number of hydrogen-bond acceptors (Lipinski definition) is 3. The first kappa shape index (κ1) is 15.3. The summed E-state index contributed by atoms with van der Waals surface area (Å²) in [6, 6.07) is 0.743. The van der Waals surface area contributed by atoms with Crippen LogP contribution in [0.4, 0.5) is 0 Å². The highest BCUT2D eigenvalue weighted by Gasteiger charge is 2.57. The number of likely N-dealkylation sites (N-methyl/N-ethyl adjacent to an activating group) is 1. The van der Waals surface area contributed by atoms with Gasteiger partial charge in [-0.15, -0.1) is 0 Å². The second kappa shape index (κ2) is 6.66. The summed E-state index contributed by atoms with van der Waals surface area (Å²) in [6.45, 7) is 4.00. The molecule has 1 heterocycles. The van der Waals surface area contributed by atoms with Gasteiger partial charge in [0, 0.05) is 25.0 Å². The van der Waals surface area contributed by atoms with E-state index in [-0.39, 0.29) is 0 Å². The highest BCUT2D eigenvalue weighted by atomic mass is 16.2. The molecule has 1 aliphatic heterocycles. The molecule has 0 radical (unpaired) electrons. The Morgan fingerprint density at radius 2 is 1.95 bits per heavy atom. The molecule has 4 heteroatoms. The third-order valence-electron chi connectivity index (χ3n) is 6.07. The summed E-state index contributed by atoms with van der Waals surface area (Å²) in [5, 5.41) is 6.58. The van der Waals surface area contributed by atoms with Gasteiger partial charge in [0.05, 0.1) is 0 Å². The topological polar surface area (TPSA) is 44.4 Å². The van der Waals surface area contributed by atoms with Crippen molar-refractivity contribution in [2.24, 2.45) is 11.3 Å². The van der Waals surface area contributed by atoms with Crippen molar-refractivity contribution >= 4 is 5.91 Å². The largest absolute Gasteiger partial charge is 0.355 e. The quantitative estimate of drug-likeness (QED) is 0.812.